The maximum absolute atomic E-state index is 8.93. The van der Waals surface area contributed by atoms with Crippen molar-refractivity contribution in [2.45, 2.75) is 6.92 Å². The van der Waals surface area contributed by atoms with Crippen LogP contribution in [0, 0.1) is 18.3 Å². The van der Waals surface area contributed by atoms with Gasteiger partial charge in [0.1, 0.15) is 6.07 Å². The van der Waals surface area contributed by atoms with Crippen molar-refractivity contribution in [3.63, 3.8) is 0 Å². The van der Waals surface area contributed by atoms with Gasteiger partial charge in [-0.25, -0.2) is 0 Å². The lowest BCUT2D eigenvalue weighted by atomic mass is 9.76. The molecule has 0 radical (unpaired) electrons. The minimum Gasteiger partial charge on any atom is -0.423 e. The molecule has 66 valence electrons. The fraction of sp³-hybridized carbons (Fsp3) is 0.125. The van der Waals surface area contributed by atoms with Gasteiger partial charge in [0.15, 0.2) is 0 Å². The first-order valence-electron chi connectivity index (χ1n) is 3.62. The lowest BCUT2D eigenvalue weighted by Gasteiger charge is -2.05. The maximum Gasteiger partial charge on any atom is 0.489 e. The number of nitriles is 1. The van der Waals surface area contributed by atoms with Gasteiger partial charge in [-0.3, -0.25) is 0 Å². The van der Waals surface area contributed by atoms with Crippen molar-refractivity contribution in [1.29, 1.82) is 5.26 Å². The molecule has 0 aromatic heterocycles. The molecule has 0 bridgehead atoms. The Morgan fingerprint density at radius 2 is 2.08 bits per heavy atom. The highest BCUT2D eigenvalue weighted by atomic mass is 35.5. The summed E-state index contributed by atoms with van der Waals surface area (Å²) in [6.45, 7) is 1.76. The summed E-state index contributed by atoms with van der Waals surface area (Å²) >= 11 is 5.73. The molecular formula is C8H7BClNO2. The Hall–Kier alpha value is -1.02. The second kappa shape index (κ2) is 3.80. The third kappa shape index (κ3) is 2.01. The van der Waals surface area contributed by atoms with Crippen molar-refractivity contribution < 1.29 is 10.0 Å². The Morgan fingerprint density at radius 3 is 2.54 bits per heavy atom. The van der Waals surface area contributed by atoms with E-state index < -0.39 is 7.12 Å². The van der Waals surface area contributed by atoms with Crippen LogP contribution >= 0.6 is 11.6 Å². The number of hydrogen-bond acceptors (Lipinski definition) is 3. The van der Waals surface area contributed by atoms with Crippen LogP contribution in [0.15, 0.2) is 12.1 Å². The summed E-state index contributed by atoms with van der Waals surface area (Å²) in [5.74, 6) is 0. The molecule has 1 aromatic rings. The molecule has 0 fully saturated rings. The first kappa shape index (κ1) is 10.1. The summed E-state index contributed by atoms with van der Waals surface area (Å²) in [6.07, 6.45) is 0. The van der Waals surface area contributed by atoms with Gasteiger partial charge in [-0.15, -0.1) is 0 Å². The fourth-order valence-corrected chi connectivity index (χ4v) is 1.41. The molecule has 1 aromatic carbocycles. The van der Waals surface area contributed by atoms with Crippen LogP contribution in [0.5, 0.6) is 0 Å². The van der Waals surface area contributed by atoms with E-state index in [0.717, 1.165) is 5.56 Å². The molecule has 0 unspecified atom stereocenters. The molecule has 5 heteroatoms. The first-order valence-corrected chi connectivity index (χ1v) is 4.00. The summed E-state index contributed by atoms with van der Waals surface area (Å²) < 4.78 is 0. The number of aryl methyl sites for hydroxylation is 1. The number of nitrogens with zero attached hydrogens (tertiary/aromatic N) is 1. The fourth-order valence-electron chi connectivity index (χ4n) is 1.09. The van der Waals surface area contributed by atoms with Crippen LogP contribution in [0.2, 0.25) is 5.02 Å². The molecule has 2 N–H and O–H groups in total. The van der Waals surface area contributed by atoms with Gasteiger partial charge in [0.05, 0.1) is 10.6 Å². The third-order valence-corrected chi connectivity index (χ3v) is 1.95. The van der Waals surface area contributed by atoms with Crippen LogP contribution in [0.3, 0.4) is 0 Å². The zero-order chi connectivity index (χ0) is 10.0. The van der Waals surface area contributed by atoms with E-state index in [4.69, 9.17) is 26.9 Å². The zero-order valence-electron chi connectivity index (χ0n) is 6.95. The average molecular weight is 195 g/mol. The third-order valence-electron chi connectivity index (χ3n) is 1.66. The van der Waals surface area contributed by atoms with Crippen LogP contribution in [0.1, 0.15) is 11.1 Å². The van der Waals surface area contributed by atoms with E-state index in [1.54, 1.807) is 13.0 Å². The quantitative estimate of drug-likeness (QED) is 0.629. The molecule has 0 aliphatic rings. The molecule has 0 saturated heterocycles. The Kier molecular flexibility index (Phi) is 2.94. The van der Waals surface area contributed by atoms with E-state index >= 15 is 0 Å². The molecule has 0 atom stereocenters. The van der Waals surface area contributed by atoms with Gasteiger partial charge in [0.25, 0.3) is 0 Å². The van der Waals surface area contributed by atoms with Gasteiger partial charge in [0, 0.05) is 5.46 Å². The van der Waals surface area contributed by atoms with Gasteiger partial charge in [-0.1, -0.05) is 17.7 Å². The van der Waals surface area contributed by atoms with E-state index in [0.29, 0.717) is 0 Å². The van der Waals surface area contributed by atoms with Crippen molar-refractivity contribution in [2.24, 2.45) is 0 Å². The number of benzene rings is 1. The molecule has 0 saturated carbocycles. The molecule has 0 heterocycles. The normalized spacial score (nSPS) is 9.46. The first-order chi connectivity index (χ1) is 6.06. The highest BCUT2D eigenvalue weighted by Crippen LogP contribution is 2.14. The Labute approximate surface area is 81.3 Å². The molecule has 0 aliphatic heterocycles. The number of halogens is 1. The summed E-state index contributed by atoms with van der Waals surface area (Å²) in [7, 11) is -1.66. The summed E-state index contributed by atoms with van der Waals surface area (Å²) in [6, 6.07) is 4.95. The lowest BCUT2D eigenvalue weighted by Crippen LogP contribution is -2.32. The smallest absolute Gasteiger partial charge is 0.423 e. The van der Waals surface area contributed by atoms with Crippen molar-refractivity contribution in [3.05, 3.63) is 28.3 Å². The molecule has 0 amide bonds. The molecular weight excluding hydrogens is 188 g/mol. The minimum atomic E-state index is -1.66. The van der Waals surface area contributed by atoms with Crippen LogP contribution in [-0.4, -0.2) is 17.2 Å². The predicted molar refractivity (Wildman–Crippen MR) is 50.7 cm³/mol. The molecule has 0 aliphatic carbocycles. The van der Waals surface area contributed by atoms with Gasteiger partial charge >= 0.3 is 7.12 Å². The van der Waals surface area contributed by atoms with E-state index in [9.17, 15) is 0 Å². The Balaban J connectivity index is 3.41. The highest BCUT2D eigenvalue weighted by Gasteiger charge is 2.18. The van der Waals surface area contributed by atoms with Crippen molar-refractivity contribution in [1.82, 2.24) is 0 Å². The summed E-state index contributed by atoms with van der Waals surface area (Å²) in [5.41, 5.74) is 1.04. The summed E-state index contributed by atoms with van der Waals surface area (Å²) in [5, 5.41) is 26.8. The monoisotopic (exact) mass is 195 g/mol. The van der Waals surface area contributed by atoms with Crippen LogP contribution in [0.25, 0.3) is 0 Å². The predicted octanol–water partition coefficient (Wildman–Crippen LogP) is 0.200. The Bertz CT molecular complexity index is 373. The van der Waals surface area contributed by atoms with E-state index in [-0.39, 0.29) is 16.0 Å². The zero-order valence-corrected chi connectivity index (χ0v) is 7.71. The average Bonchev–Trinajstić information content (AvgIpc) is 2.02. The SMILES string of the molecule is Cc1cc(Cl)c(C#N)c(B(O)O)c1. The van der Waals surface area contributed by atoms with Gasteiger partial charge in [0.2, 0.25) is 0 Å². The largest absolute Gasteiger partial charge is 0.489 e. The summed E-state index contributed by atoms with van der Waals surface area (Å²) in [4.78, 5) is 0. The molecule has 1 rings (SSSR count). The van der Waals surface area contributed by atoms with Gasteiger partial charge in [-0.2, -0.15) is 5.26 Å². The molecule has 0 spiro atoms. The van der Waals surface area contributed by atoms with E-state index in [1.807, 2.05) is 6.07 Å². The van der Waals surface area contributed by atoms with Crippen LogP contribution < -0.4 is 5.46 Å². The van der Waals surface area contributed by atoms with Gasteiger partial charge in [-0.05, 0) is 18.6 Å². The molecule has 13 heavy (non-hydrogen) atoms. The Morgan fingerprint density at radius 1 is 1.46 bits per heavy atom. The highest BCUT2D eigenvalue weighted by molar-refractivity contribution is 6.60. The standard InChI is InChI=1S/C8H7BClNO2/c1-5-2-7(9(12)13)6(4-11)8(10)3-5/h2-3,12-13H,1H3. The second-order valence-corrected chi connectivity index (χ2v) is 3.10. The number of hydrogen-bond donors (Lipinski definition) is 2. The lowest BCUT2D eigenvalue weighted by molar-refractivity contribution is 0.425. The van der Waals surface area contributed by atoms with Crippen molar-refractivity contribution >= 4 is 24.2 Å². The second-order valence-electron chi connectivity index (χ2n) is 2.70. The van der Waals surface area contributed by atoms with Crippen LogP contribution in [-0.2, 0) is 0 Å². The van der Waals surface area contributed by atoms with Crippen LogP contribution in [0.4, 0.5) is 0 Å². The van der Waals surface area contributed by atoms with E-state index in [2.05, 4.69) is 0 Å². The molecule has 3 nitrogen and oxygen atoms in total. The minimum absolute atomic E-state index is 0.113. The maximum atomic E-state index is 8.93. The van der Waals surface area contributed by atoms with E-state index in [1.165, 1.54) is 6.07 Å². The number of rotatable bonds is 1. The van der Waals surface area contributed by atoms with Gasteiger partial charge < -0.3 is 10.0 Å². The van der Waals surface area contributed by atoms with Crippen molar-refractivity contribution in [3.8, 4) is 6.07 Å². The topological polar surface area (TPSA) is 64.2 Å². The van der Waals surface area contributed by atoms with Crippen molar-refractivity contribution in [2.75, 3.05) is 0 Å².